The number of nitro benzene ring substituents is 1. The van der Waals surface area contributed by atoms with E-state index in [1.165, 1.54) is 12.1 Å². The van der Waals surface area contributed by atoms with Crippen molar-refractivity contribution in [2.45, 2.75) is 0 Å². The molecule has 0 saturated heterocycles. The number of rotatable bonds is 4. The molecule has 3 aromatic rings. The van der Waals surface area contributed by atoms with Gasteiger partial charge < -0.3 is 4.57 Å². The fraction of sp³-hybridized carbons (Fsp3) is 0. The van der Waals surface area contributed by atoms with Crippen LogP contribution in [0, 0.1) is 21.4 Å². The second kappa shape index (κ2) is 6.63. The van der Waals surface area contributed by atoms with Gasteiger partial charge in [0.25, 0.3) is 5.69 Å². The SMILES string of the molecule is N#CC(=Cc1cccn1-c1ccc([N+](=O)[O-])cc1)c1ccccc1. The van der Waals surface area contributed by atoms with E-state index in [2.05, 4.69) is 6.07 Å². The summed E-state index contributed by atoms with van der Waals surface area (Å²) in [6.45, 7) is 0. The number of nitrogens with zero attached hydrogens (tertiary/aromatic N) is 3. The Morgan fingerprint density at radius 1 is 1.04 bits per heavy atom. The van der Waals surface area contributed by atoms with Gasteiger partial charge in [0.2, 0.25) is 0 Å². The van der Waals surface area contributed by atoms with Gasteiger partial charge in [-0.3, -0.25) is 10.1 Å². The first-order chi connectivity index (χ1) is 11.7. The molecule has 5 heteroatoms. The summed E-state index contributed by atoms with van der Waals surface area (Å²) >= 11 is 0. The van der Waals surface area contributed by atoms with Crippen molar-refractivity contribution in [3.05, 3.63) is 94.3 Å². The van der Waals surface area contributed by atoms with Crippen molar-refractivity contribution in [3.63, 3.8) is 0 Å². The minimum Gasteiger partial charge on any atom is -0.317 e. The molecular formula is C19H13N3O2. The lowest BCUT2D eigenvalue weighted by Crippen LogP contribution is -1.96. The van der Waals surface area contributed by atoms with Crippen LogP contribution < -0.4 is 0 Å². The molecule has 0 radical (unpaired) electrons. The zero-order valence-corrected chi connectivity index (χ0v) is 12.7. The largest absolute Gasteiger partial charge is 0.317 e. The summed E-state index contributed by atoms with van der Waals surface area (Å²) in [6.07, 6.45) is 3.66. The zero-order valence-electron chi connectivity index (χ0n) is 12.7. The van der Waals surface area contributed by atoms with Gasteiger partial charge in [0.1, 0.15) is 0 Å². The van der Waals surface area contributed by atoms with Crippen LogP contribution in [0.25, 0.3) is 17.3 Å². The van der Waals surface area contributed by atoms with Gasteiger partial charge in [-0.1, -0.05) is 30.3 Å². The van der Waals surface area contributed by atoms with Crippen molar-refractivity contribution in [1.29, 1.82) is 5.26 Å². The van der Waals surface area contributed by atoms with E-state index in [0.717, 1.165) is 16.9 Å². The summed E-state index contributed by atoms with van der Waals surface area (Å²) in [6, 6.07) is 21.7. The number of nitriles is 1. The maximum Gasteiger partial charge on any atom is 0.269 e. The van der Waals surface area contributed by atoms with E-state index < -0.39 is 4.92 Å². The van der Waals surface area contributed by atoms with E-state index in [1.807, 2.05) is 53.2 Å². The van der Waals surface area contributed by atoms with Crippen LogP contribution in [0.4, 0.5) is 5.69 Å². The maximum atomic E-state index is 10.8. The summed E-state index contributed by atoms with van der Waals surface area (Å²) < 4.78 is 1.88. The predicted octanol–water partition coefficient (Wildman–Crippen LogP) is 4.45. The van der Waals surface area contributed by atoms with Gasteiger partial charge >= 0.3 is 0 Å². The van der Waals surface area contributed by atoms with Gasteiger partial charge in [-0.25, -0.2) is 0 Å². The Bertz CT molecular complexity index is 933. The van der Waals surface area contributed by atoms with Crippen molar-refractivity contribution in [2.75, 3.05) is 0 Å². The highest BCUT2D eigenvalue weighted by molar-refractivity contribution is 5.89. The van der Waals surface area contributed by atoms with Crippen LogP contribution in [0.5, 0.6) is 0 Å². The zero-order chi connectivity index (χ0) is 16.9. The quantitative estimate of drug-likeness (QED) is 0.405. The summed E-state index contributed by atoms with van der Waals surface area (Å²) in [7, 11) is 0. The molecule has 1 heterocycles. The first-order valence-electron chi connectivity index (χ1n) is 7.28. The monoisotopic (exact) mass is 315 g/mol. The third-order valence-corrected chi connectivity index (χ3v) is 3.62. The van der Waals surface area contributed by atoms with E-state index in [1.54, 1.807) is 18.2 Å². The fourth-order valence-electron chi connectivity index (χ4n) is 2.43. The molecule has 0 aliphatic carbocycles. The van der Waals surface area contributed by atoms with Gasteiger partial charge in [-0.2, -0.15) is 5.26 Å². The first kappa shape index (κ1) is 15.3. The van der Waals surface area contributed by atoms with Crippen molar-refractivity contribution in [1.82, 2.24) is 4.57 Å². The van der Waals surface area contributed by atoms with Crippen LogP contribution in [0.2, 0.25) is 0 Å². The molecule has 1 aromatic heterocycles. The van der Waals surface area contributed by atoms with Crippen molar-refractivity contribution in [2.24, 2.45) is 0 Å². The molecule has 0 aliphatic heterocycles. The second-order valence-corrected chi connectivity index (χ2v) is 5.11. The highest BCUT2D eigenvalue weighted by Gasteiger charge is 2.08. The van der Waals surface area contributed by atoms with Crippen LogP contribution in [0.3, 0.4) is 0 Å². The van der Waals surface area contributed by atoms with Gasteiger partial charge in [-0.15, -0.1) is 0 Å². The third kappa shape index (κ3) is 3.08. The molecule has 0 fully saturated rings. The lowest BCUT2D eigenvalue weighted by Gasteiger charge is -2.07. The van der Waals surface area contributed by atoms with E-state index in [-0.39, 0.29) is 5.69 Å². The molecule has 5 nitrogen and oxygen atoms in total. The Kier molecular flexibility index (Phi) is 4.21. The smallest absolute Gasteiger partial charge is 0.269 e. The van der Waals surface area contributed by atoms with E-state index in [9.17, 15) is 15.4 Å². The molecule has 24 heavy (non-hydrogen) atoms. The Morgan fingerprint density at radius 2 is 1.75 bits per heavy atom. The van der Waals surface area contributed by atoms with Crippen molar-refractivity contribution >= 4 is 17.3 Å². The predicted molar refractivity (Wildman–Crippen MR) is 92.3 cm³/mol. The third-order valence-electron chi connectivity index (χ3n) is 3.62. The number of non-ortho nitro benzene ring substituents is 1. The summed E-state index contributed by atoms with van der Waals surface area (Å²) in [5.41, 5.74) is 3.06. The van der Waals surface area contributed by atoms with E-state index >= 15 is 0 Å². The number of benzene rings is 2. The molecule has 0 bridgehead atoms. The van der Waals surface area contributed by atoms with E-state index in [0.29, 0.717) is 5.57 Å². The number of allylic oxidation sites excluding steroid dienone is 1. The van der Waals surface area contributed by atoms with E-state index in [4.69, 9.17) is 0 Å². The minimum atomic E-state index is -0.427. The molecule has 0 amide bonds. The minimum absolute atomic E-state index is 0.0463. The highest BCUT2D eigenvalue weighted by Crippen LogP contribution is 2.22. The summed E-state index contributed by atoms with van der Waals surface area (Å²) in [5.74, 6) is 0. The molecule has 2 aromatic carbocycles. The molecule has 0 unspecified atom stereocenters. The molecular weight excluding hydrogens is 302 g/mol. The Hall–Kier alpha value is -3.65. The standard InChI is InChI=1S/C19H13N3O2/c20-14-16(15-5-2-1-3-6-15)13-19-7-4-12-21(19)17-8-10-18(11-9-17)22(23)24/h1-13H. The summed E-state index contributed by atoms with van der Waals surface area (Å²) in [5, 5.41) is 20.2. The highest BCUT2D eigenvalue weighted by atomic mass is 16.6. The molecule has 0 atom stereocenters. The van der Waals surface area contributed by atoms with Gasteiger partial charge in [-0.05, 0) is 35.9 Å². The number of aromatic nitrogens is 1. The summed E-state index contributed by atoms with van der Waals surface area (Å²) in [4.78, 5) is 10.3. The van der Waals surface area contributed by atoms with Gasteiger partial charge in [0.15, 0.2) is 0 Å². The maximum absolute atomic E-state index is 10.8. The molecule has 0 saturated carbocycles. The van der Waals surface area contributed by atoms with Crippen molar-refractivity contribution in [3.8, 4) is 11.8 Å². The average molecular weight is 315 g/mol. The normalized spacial score (nSPS) is 11.0. The Morgan fingerprint density at radius 3 is 2.38 bits per heavy atom. The Balaban J connectivity index is 2.00. The molecule has 0 aliphatic rings. The molecule has 3 rings (SSSR count). The Labute approximate surface area is 138 Å². The molecule has 116 valence electrons. The van der Waals surface area contributed by atoms with Crippen LogP contribution in [0.1, 0.15) is 11.3 Å². The van der Waals surface area contributed by atoms with Crippen LogP contribution in [-0.4, -0.2) is 9.49 Å². The van der Waals surface area contributed by atoms with Crippen LogP contribution >= 0.6 is 0 Å². The molecule has 0 N–H and O–H groups in total. The average Bonchev–Trinajstić information content (AvgIpc) is 3.08. The van der Waals surface area contributed by atoms with Crippen LogP contribution in [0.15, 0.2) is 72.9 Å². The lowest BCUT2D eigenvalue weighted by atomic mass is 10.1. The second-order valence-electron chi connectivity index (χ2n) is 5.11. The van der Waals surface area contributed by atoms with Crippen molar-refractivity contribution < 1.29 is 4.92 Å². The van der Waals surface area contributed by atoms with Gasteiger partial charge in [0, 0.05) is 29.7 Å². The van der Waals surface area contributed by atoms with Crippen LogP contribution in [-0.2, 0) is 0 Å². The first-order valence-corrected chi connectivity index (χ1v) is 7.28. The number of hydrogen-bond acceptors (Lipinski definition) is 3. The molecule has 0 spiro atoms. The van der Waals surface area contributed by atoms with Gasteiger partial charge in [0.05, 0.1) is 16.6 Å². The number of hydrogen-bond donors (Lipinski definition) is 0. The fourth-order valence-corrected chi connectivity index (χ4v) is 2.43. The lowest BCUT2D eigenvalue weighted by molar-refractivity contribution is -0.384. The topological polar surface area (TPSA) is 71.9 Å². The number of nitro groups is 1.